The van der Waals surface area contributed by atoms with Gasteiger partial charge in [0.15, 0.2) is 5.69 Å². The number of pyridine rings is 2. The average molecular weight is 255 g/mol. The molecule has 2 rings (SSSR count). The number of hydrogen-bond acceptors (Lipinski definition) is 6. The molecule has 0 radical (unpaired) electrons. The molecule has 0 spiro atoms. The average Bonchev–Trinajstić information content (AvgIpc) is 2.46. The number of nitrogens with zero attached hydrogens (tertiary/aromatic N) is 3. The molecule has 6 heteroatoms. The topological polar surface area (TPSA) is 96.8 Å². The Bertz CT molecular complexity index is 621. The molecular weight excluding hydrogens is 242 g/mol. The van der Waals surface area contributed by atoms with Gasteiger partial charge in [0.1, 0.15) is 11.9 Å². The number of nitrogen functional groups attached to an aromatic ring is 1. The van der Waals surface area contributed by atoms with Gasteiger partial charge in [-0.2, -0.15) is 5.26 Å². The molecule has 0 aromatic carbocycles. The highest BCUT2D eigenvalue weighted by atomic mass is 16.5. The lowest BCUT2D eigenvalue weighted by atomic mass is 10.2. The van der Waals surface area contributed by atoms with Crippen molar-refractivity contribution in [1.82, 2.24) is 9.97 Å². The minimum Gasteiger partial charge on any atom is -0.481 e. The van der Waals surface area contributed by atoms with E-state index in [1.165, 1.54) is 0 Å². The molecule has 2 heterocycles. The Kier molecular flexibility index (Phi) is 3.78. The second kappa shape index (κ2) is 5.69. The lowest BCUT2D eigenvalue weighted by Gasteiger charge is -2.07. The van der Waals surface area contributed by atoms with E-state index in [2.05, 4.69) is 15.3 Å². The van der Waals surface area contributed by atoms with Crippen LogP contribution in [-0.4, -0.2) is 17.1 Å². The molecule has 0 aliphatic heterocycles. The van der Waals surface area contributed by atoms with Crippen LogP contribution in [-0.2, 0) is 6.54 Å². The first kappa shape index (κ1) is 12.6. The van der Waals surface area contributed by atoms with Gasteiger partial charge in [0.05, 0.1) is 12.8 Å². The van der Waals surface area contributed by atoms with Gasteiger partial charge in [-0.15, -0.1) is 0 Å². The van der Waals surface area contributed by atoms with Gasteiger partial charge in [0.25, 0.3) is 0 Å². The van der Waals surface area contributed by atoms with Gasteiger partial charge in [-0.05, 0) is 23.8 Å². The van der Waals surface area contributed by atoms with Crippen molar-refractivity contribution in [2.75, 3.05) is 18.2 Å². The van der Waals surface area contributed by atoms with E-state index in [0.717, 1.165) is 5.56 Å². The molecular formula is C13H13N5O. The lowest BCUT2D eigenvalue weighted by Crippen LogP contribution is -2.04. The van der Waals surface area contributed by atoms with E-state index in [1.807, 2.05) is 18.2 Å². The molecule has 0 aliphatic carbocycles. The Morgan fingerprint density at radius 3 is 3.00 bits per heavy atom. The van der Waals surface area contributed by atoms with Crippen molar-refractivity contribution in [3.8, 4) is 11.9 Å². The molecule has 0 atom stereocenters. The first-order chi connectivity index (χ1) is 9.22. The van der Waals surface area contributed by atoms with Crippen molar-refractivity contribution in [2.45, 2.75) is 6.54 Å². The molecule has 0 aliphatic rings. The third kappa shape index (κ3) is 3.10. The second-order valence-corrected chi connectivity index (χ2v) is 3.81. The van der Waals surface area contributed by atoms with Crippen LogP contribution in [0.3, 0.4) is 0 Å². The van der Waals surface area contributed by atoms with E-state index >= 15 is 0 Å². The van der Waals surface area contributed by atoms with Crippen LogP contribution in [0.15, 0.2) is 30.5 Å². The Balaban J connectivity index is 2.08. The number of nitriles is 1. The number of nitrogens with one attached hydrogen (secondary N) is 1. The van der Waals surface area contributed by atoms with Crippen LogP contribution in [0.1, 0.15) is 11.3 Å². The van der Waals surface area contributed by atoms with Gasteiger partial charge in [0, 0.05) is 18.8 Å². The van der Waals surface area contributed by atoms with Crippen LogP contribution in [0.25, 0.3) is 0 Å². The predicted octanol–water partition coefficient (Wildman–Crippen LogP) is 1.55. The standard InChI is InChI=1S/C13H13N5O/c1-19-13-6-9(4-5-16-13)8-17-12-3-2-10(15)11(7-14)18-12/h2-6H,8,15H2,1H3,(H,17,18). The van der Waals surface area contributed by atoms with Crippen molar-refractivity contribution in [3.63, 3.8) is 0 Å². The normalized spacial score (nSPS) is 9.68. The van der Waals surface area contributed by atoms with Gasteiger partial charge < -0.3 is 15.8 Å². The number of nitrogens with two attached hydrogens (primary N) is 1. The van der Waals surface area contributed by atoms with E-state index in [9.17, 15) is 0 Å². The highest BCUT2D eigenvalue weighted by Crippen LogP contribution is 2.14. The summed E-state index contributed by atoms with van der Waals surface area (Å²) in [5.74, 6) is 1.16. The largest absolute Gasteiger partial charge is 0.481 e. The molecule has 0 amide bonds. The number of rotatable bonds is 4. The molecule has 0 fully saturated rings. The van der Waals surface area contributed by atoms with Gasteiger partial charge in [-0.3, -0.25) is 0 Å². The molecule has 2 aromatic rings. The summed E-state index contributed by atoms with van der Waals surface area (Å²) >= 11 is 0. The van der Waals surface area contributed by atoms with Crippen LogP contribution in [0, 0.1) is 11.3 Å². The van der Waals surface area contributed by atoms with E-state index in [-0.39, 0.29) is 5.69 Å². The zero-order chi connectivity index (χ0) is 13.7. The monoisotopic (exact) mass is 255 g/mol. The summed E-state index contributed by atoms with van der Waals surface area (Å²) < 4.78 is 5.05. The fourth-order valence-corrected chi connectivity index (χ4v) is 1.52. The van der Waals surface area contributed by atoms with E-state index in [4.69, 9.17) is 15.7 Å². The summed E-state index contributed by atoms with van der Waals surface area (Å²) in [6, 6.07) is 9.03. The fraction of sp³-hybridized carbons (Fsp3) is 0.154. The first-order valence-electron chi connectivity index (χ1n) is 5.62. The van der Waals surface area contributed by atoms with Gasteiger partial charge in [-0.1, -0.05) is 0 Å². The Morgan fingerprint density at radius 2 is 2.26 bits per heavy atom. The van der Waals surface area contributed by atoms with Crippen LogP contribution in [0.5, 0.6) is 5.88 Å². The smallest absolute Gasteiger partial charge is 0.213 e. The third-order valence-corrected chi connectivity index (χ3v) is 2.51. The molecule has 96 valence electrons. The van der Waals surface area contributed by atoms with Gasteiger partial charge in [0.2, 0.25) is 5.88 Å². The SMILES string of the molecule is COc1cc(CNc2ccc(N)c(C#N)n2)ccn1. The fourth-order valence-electron chi connectivity index (χ4n) is 1.52. The third-order valence-electron chi connectivity index (χ3n) is 2.51. The number of ether oxygens (including phenoxy) is 1. The molecule has 3 N–H and O–H groups in total. The summed E-state index contributed by atoms with van der Waals surface area (Å²) in [5.41, 5.74) is 7.20. The number of aromatic nitrogens is 2. The van der Waals surface area contributed by atoms with E-state index in [0.29, 0.717) is 23.9 Å². The molecule has 6 nitrogen and oxygen atoms in total. The Hall–Kier alpha value is -2.81. The van der Waals surface area contributed by atoms with Gasteiger partial charge >= 0.3 is 0 Å². The maximum Gasteiger partial charge on any atom is 0.213 e. The summed E-state index contributed by atoms with van der Waals surface area (Å²) in [6.07, 6.45) is 1.67. The minimum atomic E-state index is 0.220. The summed E-state index contributed by atoms with van der Waals surface area (Å²) in [6.45, 7) is 0.556. The maximum absolute atomic E-state index is 8.85. The van der Waals surface area contributed by atoms with Crippen molar-refractivity contribution >= 4 is 11.5 Å². The van der Waals surface area contributed by atoms with Crippen LogP contribution < -0.4 is 15.8 Å². The molecule has 0 bridgehead atoms. The first-order valence-corrected chi connectivity index (χ1v) is 5.62. The number of anilines is 2. The van der Waals surface area contributed by atoms with E-state index < -0.39 is 0 Å². The number of methoxy groups -OCH3 is 1. The zero-order valence-corrected chi connectivity index (χ0v) is 10.4. The van der Waals surface area contributed by atoms with Crippen molar-refractivity contribution in [2.24, 2.45) is 0 Å². The number of hydrogen-bond donors (Lipinski definition) is 2. The van der Waals surface area contributed by atoms with Crippen molar-refractivity contribution < 1.29 is 4.74 Å². The van der Waals surface area contributed by atoms with E-state index in [1.54, 1.807) is 25.4 Å². The van der Waals surface area contributed by atoms with Crippen LogP contribution >= 0.6 is 0 Å². The molecule has 2 aromatic heterocycles. The van der Waals surface area contributed by atoms with Crippen molar-refractivity contribution in [3.05, 3.63) is 41.7 Å². The summed E-state index contributed by atoms with van der Waals surface area (Å²) in [5, 5.41) is 12.0. The highest BCUT2D eigenvalue weighted by molar-refractivity contribution is 5.54. The van der Waals surface area contributed by atoms with Crippen LogP contribution in [0.2, 0.25) is 0 Å². The summed E-state index contributed by atoms with van der Waals surface area (Å²) in [4.78, 5) is 8.13. The quantitative estimate of drug-likeness (QED) is 0.860. The minimum absolute atomic E-state index is 0.220. The van der Waals surface area contributed by atoms with Crippen molar-refractivity contribution in [1.29, 1.82) is 5.26 Å². The maximum atomic E-state index is 8.85. The Labute approximate surface area is 110 Å². The van der Waals surface area contributed by atoms with Crippen LogP contribution in [0.4, 0.5) is 11.5 Å². The molecule has 0 saturated heterocycles. The predicted molar refractivity (Wildman–Crippen MR) is 71.5 cm³/mol. The zero-order valence-electron chi connectivity index (χ0n) is 10.4. The molecule has 0 saturated carbocycles. The highest BCUT2D eigenvalue weighted by Gasteiger charge is 2.02. The molecule has 0 unspecified atom stereocenters. The molecule has 19 heavy (non-hydrogen) atoms. The lowest BCUT2D eigenvalue weighted by molar-refractivity contribution is 0.397. The van der Waals surface area contributed by atoms with Gasteiger partial charge in [-0.25, -0.2) is 9.97 Å². The second-order valence-electron chi connectivity index (χ2n) is 3.81. The summed E-state index contributed by atoms with van der Waals surface area (Å²) in [7, 11) is 1.57. The Morgan fingerprint density at radius 1 is 1.42 bits per heavy atom.